The van der Waals surface area contributed by atoms with Gasteiger partial charge in [0.2, 0.25) is 0 Å². The predicted molar refractivity (Wildman–Crippen MR) is 66.7 cm³/mol. The van der Waals surface area contributed by atoms with Gasteiger partial charge in [-0.25, -0.2) is 0 Å². The third kappa shape index (κ3) is 3.72. The smallest absolute Gasteiger partial charge is 0.0495 e. The first-order valence-corrected chi connectivity index (χ1v) is 6.92. The lowest BCUT2D eigenvalue weighted by atomic mass is 10.0. The molecular weight excluding hydrogens is 200 g/mol. The summed E-state index contributed by atoms with van der Waals surface area (Å²) >= 11 is 0. The maximum atomic E-state index is 5.43. The first-order valence-electron chi connectivity index (χ1n) is 6.92. The number of rotatable bonds is 4. The molecule has 0 bridgehead atoms. The molecule has 94 valence electrons. The van der Waals surface area contributed by atoms with E-state index in [1.807, 2.05) is 0 Å². The highest BCUT2D eigenvalue weighted by Gasteiger charge is 2.19. The molecule has 2 unspecified atom stereocenters. The maximum absolute atomic E-state index is 5.43. The van der Waals surface area contributed by atoms with E-state index in [2.05, 4.69) is 17.1 Å². The Morgan fingerprint density at radius 1 is 1.44 bits per heavy atom. The van der Waals surface area contributed by atoms with Crippen molar-refractivity contribution in [2.24, 2.45) is 5.92 Å². The van der Waals surface area contributed by atoms with E-state index in [9.17, 15) is 0 Å². The number of nitrogens with zero attached hydrogens (tertiary/aromatic N) is 1. The highest BCUT2D eigenvalue weighted by Crippen LogP contribution is 2.17. The highest BCUT2D eigenvalue weighted by atomic mass is 16.5. The van der Waals surface area contributed by atoms with Crippen LogP contribution in [0.5, 0.6) is 0 Å². The molecule has 0 radical (unpaired) electrons. The molecule has 2 atom stereocenters. The average molecular weight is 226 g/mol. The van der Waals surface area contributed by atoms with E-state index in [4.69, 9.17) is 4.74 Å². The molecule has 0 aromatic heterocycles. The topological polar surface area (TPSA) is 24.5 Å². The number of hydrogen-bond donors (Lipinski definition) is 1. The Labute approximate surface area is 99.5 Å². The molecule has 2 fully saturated rings. The molecule has 0 saturated carbocycles. The summed E-state index contributed by atoms with van der Waals surface area (Å²) in [5.41, 5.74) is 0. The van der Waals surface area contributed by atoms with Gasteiger partial charge in [0, 0.05) is 25.8 Å². The van der Waals surface area contributed by atoms with Crippen molar-refractivity contribution in [3.05, 3.63) is 0 Å². The van der Waals surface area contributed by atoms with Gasteiger partial charge in [0.25, 0.3) is 0 Å². The van der Waals surface area contributed by atoms with Crippen molar-refractivity contribution in [3.8, 4) is 0 Å². The lowest BCUT2D eigenvalue weighted by molar-refractivity contribution is 0.177. The SMILES string of the molecule is CCC1CN(CCC2CCOC2)CCCN1. The van der Waals surface area contributed by atoms with Gasteiger partial charge in [-0.15, -0.1) is 0 Å². The van der Waals surface area contributed by atoms with Crippen LogP contribution in [0, 0.1) is 5.92 Å². The fourth-order valence-corrected chi connectivity index (χ4v) is 2.73. The molecule has 0 amide bonds. The largest absolute Gasteiger partial charge is 0.381 e. The van der Waals surface area contributed by atoms with Gasteiger partial charge in [0.1, 0.15) is 0 Å². The van der Waals surface area contributed by atoms with E-state index in [-0.39, 0.29) is 0 Å². The molecule has 3 heteroatoms. The van der Waals surface area contributed by atoms with Crippen molar-refractivity contribution in [2.45, 2.75) is 38.6 Å². The molecule has 2 rings (SSSR count). The van der Waals surface area contributed by atoms with Crippen molar-refractivity contribution < 1.29 is 4.74 Å². The zero-order valence-electron chi connectivity index (χ0n) is 10.6. The molecule has 2 heterocycles. The zero-order valence-corrected chi connectivity index (χ0v) is 10.6. The van der Waals surface area contributed by atoms with Crippen LogP contribution in [0.25, 0.3) is 0 Å². The third-order valence-electron chi connectivity index (χ3n) is 3.93. The lowest BCUT2D eigenvalue weighted by Crippen LogP contribution is -2.37. The Balaban J connectivity index is 1.70. The van der Waals surface area contributed by atoms with Crippen molar-refractivity contribution in [1.29, 1.82) is 0 Å². The Morgan fingerprint density at radius 2 is 2.38 bits per heavy atom. The Hall–Kier alpha value is -0.120. The van der Waals surface area contributed by atoms with Crippen molar-refractivity contribution >= 4 is 0 Å². The van der Waals surface area contributed by atoms with Crippen LogP contribution in [0.2, 0.25) is 0 Å². The van der Waals surface area contributed by atoms with E-state index in [0.717, 1.165) is 19.1 Å². The first kappa shape index (κ1) is 12.3. The number of hydrogen-bond acceptors (Lipinski definition) is 3. The lowest BCUT2D eigenvalue weighted by Gasteiger charge is -2.24. The summed E-state index contributed by atoms with van der Waals surface area (Å²) in [4.78, 5) is 2.65. The first-order chi connectivity index (χ1) is 7.88. The van der Waals surface area contributed by atoms with Gasteiger partial charge in [0.15, 0.2) is 0 Å². The fourth-order valence-electron chi connectivity index (χ4n) is 2.73. The molecule has 0 spiro atoms. The normalized spacial score (nSPS) is 32.8. The molecule has 2 saturated heterocycles. The highest BCUT2D eigenvalue weighted by molar-refractivity contribution is 4.76. The Bertz CT molecular complexity index is 192. The van der Waals surface area contributed by atoms with Crippen molar-refractivity contribution in [3.63, 3.8) is 0 Å². The van der Waals surface area contributed by atoms with E-state index < -0.39 is 0 Å². The second kappa shape index (κ2) is 6.58. The minimum Gasteiger partial charge on any atom is -0.381 e. The summed E-state index contributed by atoms with van der Waals surface area (Å²) in [5, 5.41) is 3.62. The van der Waals surface area contributed by atoms with Crippen LogP contribution in [0.15, 0.2) is 0 Å². The second-order valence-corrected chi connectivity index (χ2v) is 5.23. The third-order valence-corrected chi connectivity index (χ3v) is 3.93. The summed E-state index contributed by atoms with van der Waals surface area (Å²) in [6.07, 6.45) is 5.17. The van der Waals surface area contributed by atoms with Crippen LogP contribution in [0.3, 0.4) is 0 Å². The molecule has 16 heavy (non-hydrogen) atoms. The quantitative estimate of drug-likeness (QED) is 0.786. The van der Waals surface area contributed by atoms with Crippen molar-refractivity contribution in [1.82, 2.24) is 10.2 Å². The van der Waals surface area contributed by atoms with Crippen LogP contribution in [0.1, 0.15) is 32.6 Å². The van der Waals surface area contributed by atoms with Crippen LogP contribution in [-0.2, 0) is 4.74 Å². The Kier molecular flexibility index (Phi) is 5.07. The molecule has 2 aliphatic heterocycles. The van der Waals surface area contributed by atoms with Crippen LogP contribution in [-0.4, -0.2) is 50.3 Å². The number of nitrogens with one attached hydrogen (secondary N) is 1. The number of ether oxygens (including phenoxy) is 1. The van der Waals surface area contributed by atoms with E-state index in [1.165, 1.54) is 51.9 Å². The summed E-state index contributed by atoms with van der Waals surface area (Å²) < 4.78 is 5.43. The molecule has 2 aliphatic rings. The summed E-state index contributed by atoms with van der Waals surface area (Å²) in [6, 6.07) is 0.710. The zero-order chi connectivity index (χ0) is 11.2. The predicted octanol–water partition coefficient (Wildman–Crippen LogP) is 1.49. The summed E-state index contributed by atoms with van der Waals surface area (Å²) in [7, 11) is 0. The van der Waals surface area contributed by atoms with Crippen LogP contribution >= 0.6 is 0 Å². The standard InChI is InChI=1S/C13H26N2O/c1-2-13-10-15(7-3-6-14-13)8-4-12-5-9-16-11-12/h12-14H,2-11H2,1H3. The van der Waals surface area contributed by atoms with Gasteiger partial charge in [-0.2, -0.15) is 0 Å². The maximum Gasteiger partial charge on any atom is 0.0495 e. The summed E-state index contributed by atoms with van der Waals surface area (Å²) in [5.74, 6) is 0.830. The van der Waals surface area contributed by atoms with E-state index in [0.29, 0.717) is 6.04 Å². The minimum atomic E-state index is 0.710. The van der Waals surface area contributed by atoms with Gasteiger partial charge in [-0.05, 0) is 51.2 Å². The van der Waals surface area contributed by atoms with Crippen LogP contribution in [0.4, 0.5) is 0 Å². The molecule has 0 aliphatic carbocycles. The molecule has 0 aromatic rings. The van der Waals surface area contributed by atoms with Gasteiger partial charge < -0.3 is 15.0 Å². The van der Waals surface area contributed by atoms with Gasteiger partial charge >= 0.3 is 0 Å². The molecule has 0 aromatic carbocycles. The van der Waals surface area contributed by atoms with E-state index in [1.54, 1.807) is 0 Å². The van der Waals surface area contributed by atoms with Crippen LogP contribution < -0.4 is 5.32 Å². The molecular formula is C13H26N2O. The van der Waals surface area contributed by atoms with E-state index >= 15 is 0 Å². The van der Waals surface area contributed by atoms with Crippen molar-refractivity contribution in [2.75, 3.05) is 39.4 Å². The summed E-state index contributed by atoms with van der Waals surface area (Å²) in [6.45, 7) is 9.26. The molecule has 1 N–H and O–H groups in total. The van der Waals surface area contributed by atoms with Gasteiger partial charge in [-0.3, -0.25) is 0 Å². The molecule has 3 nitrogen and oxygen atoms in total. The van der Waals surface area contributed by atoms with Gasteiger partial charge in [0.05, 0.1) is 0 Å². The minimum absolute atomic E-state index is 0.710. The fraction of sp³-hybridized carbons (Fsp3) is 1.00. The van der Waals surface area contributed by atoms with Gasteiger partial charge in [-0.1, -0.05) is 6.92 Å². The Morgan fingerprint density at radius 3 is 3.12 bits per heavy atom. The average Bonchev–Trinajstić information content (AvgIpc) is 2.71. The second-order valence-electron chi connectivity index (χ2n) is 5.23. The monoisotopic (exact) mass is 226 g/mol.